The van der Waals surface area contributed by atoms with Crippen molar-refractivity contribution >= 4 is 28.0 Å². The Morgan fingerprint density at radius 2 is 0.767 bits per heavy atom. The molecule has 0 bridgehead atoms. The molecule has 0 heterocycles. The Hall–Kier alpha value is -5.17. The Balaban J connectivity index is 1.95. The van der Waals surface area contributed by atoms with Gasteiger partial charge in [-0.2, -0.15) is 5.11 Å². The number of carbonyl (C=O) groups is 3. The second kappa shape index (κ2) is 28.3. The molecule has 0 aromatic heterocycles. The summed E-state index contributed by atoms with van der Waals surface area (Å²) >= 11 is 0. The Kier molecular flexibility index (Phi) is 23.2. The fourth-order valence-corrected chi connectivity index (χ4v) is 6.38. The lowest BCUT2D eigenvalue weighted by Crippen LogP contribution is -2.13. The summed E-state index contributed by atoms with van der Waals surface area (Å²) in [6, 6.07) is 20.4. The molecule has 0 fully saturated rings. The molecule has 3 unspecified atom stereocenters. The van der Waals surface area contributed by atoms with Crippen molar-refractivity contribution < 1.29 is 28.6 Å². The van der Waals surface area contributed by atoms with Crippen molar-refractivity contribution in [1.82, 2.24) is 0 Å². The molecule has 0 aliphatic rings. The van der Waals surface area contributed by atoms with Crippen LogP contribution in [-0.4, -0.2) is 47.8 Å². The lowest BCUT2D eigenvalue weighted by Gasteiger charge is -2.16. The SMILES string of the molecule is CCCCC(CC)COc1ccccc1C(=O)N=NC([Si])=C(N=NC(=O)c1ccccc1OCC(CC)CCCC)N=NC(=O)c1ccccc1OCC(CC)CCCC. The maximum atomic E-state index is 13.5. The molecule has 0 aliphatic heterocycles. The lowest BCUT2D eigenvalue weighted by atomic mass is 10.0. The number of ether oxygens (including phenoxy) is 3. The van der Waals surface area contributed by atoms with Gasteiger partial charge in [-0.05, 0) is 73.4 Å². The highest BCUT2D eigenvalue weighted by Gasteiger charge is 2.18. The molecule has 13 heteroatoms. The van der Waals surface area contributed by atoms with Crippen LogP contribution >= 0.6 is 0 Å². The first kappa shape index (κ1) is 49.2. The maximum absolute atomic E-state index is 13.5. The normalized spacial score (nSPS) is 13.1. The number of unbranched alkanes of at least 4 members (excludes halogenated alkanes) is 3. The van der Waals surface area contributed by atoms with E-state index in [2.05, 4.69) is 82.5 Å². The number of hydrogen-bond donors (Lipinski definition) is 0. The first-order valence-corrected chi connectivity index (χ1v) is 22.2. The zero-order chi connectivity index (χ0) is 43.5. The summed E-state index contributed by atoms with van der Waals surface area (Å²) in [4.78, 5) is 40.4. The third kappa shape index (κ3) is 16.8. The monoisotopic (exact) mass is 835 g/mol. The summed E-state index contributed by atoms with van der Waals surface area (Å²) in [5, 5.41) is 23.6. The van der Waals surface area contributed by atoms with Crippen molar-refractivity contribution in [3.63, 3.8) is 0 Å². The maximum Gasteiger partial charge on any atom is 0.299 e. The van der Waals surface area contributed by atoms with E-state index < -0.39 is 17.7 Å². The van der Waals surface area contributed by atoms with Crippen molar-refractivity contribution in [3.8, 4) is 17.2 Å². The quantitative estimate of drug-likeness (QED) is 0.0550. The summed E-state index contributed by atoms with van der Waals surface area (Å²) in [5.41, 5.74) is 0.603. The minimum Gasteiger partial charge on any atom is -0.492 e. The van der Waals surface area contributed by atoms with E-state index in [0.29, 0.717) is 54.8 Å². The van der Waals surface area contributed by atoms with Crippen LogP contribution in [0.25, 0.3) is 0 Å². The van der Waals surface area contributed by atoms with Crippen LogP contribution in [0, 0.1) is 17.8 Å². The number of para-hydroxylation sites is 3. The van der Waals surface area contributed by atoms with E-state index in [-0.39, 0.29) is 27.8 Å². The minimum absolute atomic E-state index is 0.193. The number of carbonyl (C=O) groups excluding carboxylic acids is 3. The van der Waals surface area contributed by atoms with Crippen LogP contribution in [0.3, 0.4) is 0 Å². The van der Waals surface area contributed by atoms with Gasteiger partial charge in [0.05, 0.1) is 41.8 Å². The van der Waals surface area contributed by atoms with Gasteiger partial charge in [-0.15, -0.1) is 25.6 Å². The molecule has 3 atom stereocenters. The Bertz CT molecular complexity index is 1830. The highest BCUT2D eigenvalue weighted by Crippen LogP contribution is 2.26. The van der Waals surface area contributed by atoms with Crippen molar-refractivity contribution in [1.29, 1.82) is 0 Å². The number of hydrogen-bond acceptors (Lipinski definition) is 9. The molecule has 3 radical (unpaired) electrons. The first-order valence-electron chi connectivity index (χ1n) is 21.7. The summed E-state index contributed by atoms with van der Waals surface area (Å²) < 4.78 is 18.3. The third-order valence-electron chi connectivity index (χ3n) is 10.3. The zero-order valence-corrected chi connectivity index (χ0v) is 37.4. The average molecular weight is 836 g/mol. The van der Waals surface area contributed by atoms with Gasteiger partial charge in [0.15, 0.2) is 0 Å². The van der Waals surface area contributed by atoms with Gasteiger partial charge in [-0.1, -0.05) is 136 Å². The summed E-state index contributed by atoms with van der Waals surface area (Å²) in [5.74, 6) is -0.348. The molecule has 0 spiro atoms. The summed E-state index contributed by atoms with van der Waals surface area (Å²) in [6.45, 7) is 14.2. The molecule has 321 valence electrons. The Morgan fingerprint density at radius 3 is 1.07 bits per heavy atom. The highest BCUT2D eigenvalue weighted by atomic mass is 28.1. The lowest BCUT2D eigenvalue weighted by molar-refractivity contribution is 0.0979. The van der Waals surface area contributed by atoms with E-state index >= 15 is 0 Å². The van der Waals surface area contributed by atoms with Gasteiger partial charge in [0.25, 0.3) is 17.7 Å². The largest absolute Gasteiger partial charge is 0.492 e. The second-order valence-electron chi connectivity index (χ2n) is 14.9. The molecule has 12 nitrogen and oxygen atoms in total. The molecule has 0 N–H and O–H groups in total. The molecule has 3 aromatic rings. The smallest absolute Gasteiger partial charge is 0.299 e. The Labute approximate surface area is 360 Å². The predicted octanol–water partition coefficient (Wildman–Crippen LogP) is 12.9. The van der Waals surface area contributed by atoms with Gasteiger partial charge >= 0.3 is 0 Å². The van der Waals surface area contributed by atoms with Gasteiger partial charge < -0.3 is 14.2 Å². The molecule has 3 rings (SSSR count). The summed E-state index contributed by atoms with van der Waals surface area (Å²) in [6.07, 6.45) is 12.5. The summed E-state index contributed by atoms with van der Waals surface area (Å²) in [7, 11) is 3.35. The van der Waals surface area contributed by atoms with Crippen LogP contribution in [0.1, 0.15) is 150 Å². The second-order valence-corrected chi connectivity index (χ2v) is 15.3. The van der Waals surface area contributed by atoms with Crippen molar-refractivity contribution in [2.24, 2.45) is 48.4 Å². The third-order valence-corrected chi connectivity index (χ3v) is 10.7. The van der Waals surface area contributed by atoms with Crippen molar-refractivity contribution in [2.45, 2.75) is 119 Å². The molecule has 3 aromatic carbocycles. The fourth-order valence-electron chi connectivity index (χ4n) is 6.23. The van der Waals surface area contributed by atoms with Gasteiger partial charge in [-0.3, -0.25) is 14.4 Å². The van der Waals surface area contributed by atoms with Crippen LogP contribution in [0.2, 0.25) is 0 Å². The molecular weight excluding hydrogens is 773 g/mol. The van der Waals surface area contributed by atoms with Crippen LogP contribution in [0.5, 0.6) is 17.2 Å². The van der Waals surface area contributed by atoms with Crippen LogP contribution < -0.4 is 14.2 Å². The molecule has 3 amide bonds. The van der Waals surface area contributed by atoms with E-state index in [0.717, 1.165) is 77.0 Å². The number of azo groups is 3. The van der Waals surface area contributed by atoms with E-state index in [9.17, 15) is 14.4 Å². The topological polar surface area (TPSA) is 153 Å². The van der Waals surface area contributed by atoms with Crippen LogP contribution in [-0.2, 0) is 0 Å². The number of benzene rings is 3. The number of amides is 3. The van der Waals surface area contributed by atoms with Gasteiger partial charge in [0.2, 0.25) is 5.82 Å². The highest BCUT2D eigenvalue weighted by molar-refractivity contribution is 6.21. The van der Waals surface area contributed by atoms with Crippen LogP contribution in [0.15, 0.2) is 115 Å². The van der Waals surface area contributed by atoms with Gasteiger partial charge in [-0.25, -0.2) is 0 Å². The van der Waals surface area contributed by atoms with E-state index in [1.807, 2.05) is 0 Å². The molecule has 0 aliphatic carbocycles. The standard InChI is InChI=1S/C47H63N6O6Si/c1-7-13-22-34(10-4)31-57-40-28-19-16-25-37(40)44(54)50-48-43(49-51-45(55)38-26-17-20-29-41(38)58-32-35(11-5)23-14-8-2)47(60)53-52-46(56)39-27-18-21-30-42(39)59-33-36(12-6)24-15-9-3/h16-21,25-30,34-36H,7-15,22-24,31-33H2,1-6H3. The van der Waals surface area contributed by atoms with Crippen LogP contribution in [0.4, 0.5) is 0 Å². The van der Waals surface area contributed by atoms with Crippen molar-refractivity contribution in [3.05, 3.63) is 101 Å². The number of rotatable bonds is 27. The zero-order valence-electron chi connectivity index (χ0n) is 36.4. The molecular formula is C47H63N6O6Si. The Morgan fingerprint density at radius 1 is 0.467 bits per heavy atom. The van der Waals surface area contributed by atoms with E-state index in [1.54, 1.807) is 72.8 Å². The average Bonchev–Trinajstić information content (AvgIpc) is 3.28. The first-order chi connectivity index (χ1) is 29.2. The van der Waals surface area contributed by atoms with Gasteiger partial charge in [0.1, 0.15) is 27.5 Å². The van der Waals surface area contributed by atoms with E-state index in [4.69, 9.17) is 14.2 Å². The fraction of sp³-hybridized carbons (Fsp3) is 0.511. The van der Waals surface area contributed by atoms with Crippen molar-refractivity contribution in [2.75, 3.05) is 19.8 Å². The molecule has 60 heavy (non-hydrogen) atoms. The van der Waals surface area contributed by atoms with E-state index in [1.165, 1.54) is 0 Å². The predicted molar refractivity (Wildman–Crippen MR) is 236 cm³/mol. The van der Waals surface area contributed by atoms with Gasteiger partial charge in [0, 0.05) is 0 Å². The minimum atomic E-state index is -0.721. The molecule has 0 saturated carbocycles. The number of nitrogens with zero attached hydrogens (tertiary/aromatic N) is 6. The molecule has 0 saturated heterocycles.